The smallest absolute Gasteiger partial charge is 0.407 e. The van der Waals surface area contributed by atoms with Crippen LogP contribution in [0.4, 0.5) is 4.79 Å². The molecule has 2 N–H and O–H groups in total. The predicted molar refractivity (Wildman–Crippen MR) is 102 cm³/mol. The van der Waals surface area contributed by atoms with Crippen LogP contribution < -0.4 is 5.32 Å². The monoisotopic (exact) mass is 375 g/mol. The second-order valence-electron chi connectivity index (χ2n) is 9.81. The van der Waals surface area contributed by atoms with E-state index in [9.17, 15) is 14.7 Å². The van der Waals surface area contributed by atoms with Crippen LogP contribution in [0.3, 0.4) is 0 Å². The summed E-state index contributed by atoms with van der Waals surface area (Å²) in [6.45, 7) is 19.6. The van der Waals surface area contributed by atoms with Crippen molar-refractivity contribution >= 4 is 20.4 Å². The van der Waals surface area contributed by atoms with Crippen molar-refractivity contribution in [2.45, 2.75) is 91.6 Å². The summed E-state index contributed by atoms with van der Waals surface area (Å²) >= 11 is 0. The molecule has 0 aromatic heterocycles. The Kier molecular flexibility index (Phi) is 7.73. The Labute approximate surface area is 153 Å². The minimum absolute atomic E-state index is 0.0335. The number of carbonyl (C=O) groups excluding carboxylic acids is 1. The summed E-state index contributed by atoms with van der Waals surface area (Å²) in [4.78, 5) is 23.6. The van der Waals surface area contributed by atoms with Gasteiger partial charge in [-0.1, -0.05) is 20.8 Å². The molecule has 0 radical (unpaired) electrons. The number of aliphatic carboxylic acids is 1. The number of nitrogens with one attached hydrogen (secondary N) is 1. The fraction of sp³-hybridized carbons (Fsp3) is 0.889. The zero-order valence-electron chi connectivity index (χ0n) is 17.6. The molecule has 0 bridgehead atoms. The molecular weight excluding hydrogens is 338 g/mol. The van der Waals surface area contributed by atoms with E-state index in [0.717, 1.165) is 0 Å². The molecule has 0 saturated carbocycles. The molecule has 1 atom stereocenters. The second kappa shape index (κ2) is 8.08. The van der Waals surface area contributed by atoms with Crippen LogP contribution >= 0.6 is 0 Å². The van der Waals surface area contributed by atoms with Gasteiger partial charge in [0.2, 0.25) is 0 Å². The van der Waals surface area contributed by atoms with Gasteiger partial charge in [-0.15, -0.1) is 0 Å². The molecule has 0 aromatic rings. The zero-order valence-corrected chi connectivity index (χ0v) is 18.6. The van der Waals surface area contributed by atoms with Gasteiger partial charge in [0.05, 0.1) is 18.1 Å². The average Bonchev–Trinajstić information content (AvgIpc) is 2.31. The van der Waals surface area contributed by atoms with Crippen LogP contribution in [0.25, 0.3) is 0 Å². The minimum Gasteiger partial charge on any atom is -0.481 e. The van der Waals surface area contributed by atoms with Gasteiger partial charge in [0.1, 0.15) is 5.60 Å². The molecular formula is C18H37NO5Si. The lowest BCUT2D eigenvalue weighted by molar-refractivity contribution is -0.147. The van der Waals surface area contributed by atoms with Crippen molar-refractivity contribution in [3.8, 4) is 0 Å². The first-order valence-electron chi connectivity index (χ1n) is 8.74. The van der Waals surface area contributed by atoms with E-state index < -0.39 is 37.4 Å². The van der Waals surface area contributed by atoms with Crippen molar-refractivity contribution in [1.29, 1.82) is 0 Å². The summed E-state index contributed by atoms with van der Waals surface area (Å²) in [5.41, 5.74) is -1.59. The summed E-state index contributed by atoms with van der Waals surface area (Å²) in [6.07, 6.45) is -0.298. The number of carboxylic acid groups (broad SMARTS) is 1. The summed E-state index contributed by atoms with van der Waals surface area (Å²) in [6, 6.07) is -0.435. The van der Waals surface area contributed by atoms with E-state index in [0.29, 0.717) is 0 Å². The van der Waals surface area contributed by atoms with Gasteiger partial charge < -0.3 is 19.6 Å². The lowest BCUT2D eigenvalue weighted by Crippen LogP contribution is -2.49. The van der Waals surface area contributed by atoms with Crippen LogP contribution in [-0.4, -0.2) is 43.7 Å². The average molecular weight is 376 g/mol. The van der Waals surface area contributed by atoms with Gasteiger partial charge in [-0.25, -0.2) is 4.79 Å². The highest BCUT2D eigenvalue weighted by molar-refractivity contribution is 6.74. The maximum Gasteiger partial charge on any atom is 0.407 e. The Bertz CT molecular complexity index is 475. The molecule has 0 aliphatic rings. The third kappa shape index (κ3) is 8.72. The number of ether oxygens (including phenoxy) is 1. The van der Waals surface area contributed by atoms with Crippen LogP contribution in [0, 0.1) is 5.41 Å². The van der Waals surface area contributed by atoms with Crippen LogP contribution in [0.2, 0.25) is 18.1 Å². The molecule has 0 aliphatic heterocycles. The molecule has 0 saturated heterocycles. The van der Waals surface area contributed by atoms with Crippen molar-refractivity contribution in [3.63, 3.8) is 0 Å². The highest BCUT2D eigenvalue weighted by Gasteiger charge is 2.39. The number of hydrogen-bond donors (Lipinski definition) is 2. The highest BCUT2D eigenvalue weighted by atomic mass is 28.4. The number of hydrogen-bond acceptors (Lipinski definition) is 4. The molecule has 0 rings (SSSR count). The quantitative estimate of drug-likeness (QED) is 0.644. The van der Waals surface area contributed by atoms with E-state index in [4.69, 9.17) is 9.16 Å². The topological polar surface area (TPSA) is 84.9 Å². The first kappa shape index (κ1) is 23.9. The standard InChI is InChI=1S/C18H37NO5Si/c1-16(2,3)24-15(22)19-13(11-18(7,8)14(20)21)12-23-25(9,10)17(4,5)6/h13H,11-12H2,1-10H3,(H,19,22)(H,20,21). The van der Waals surface area contributed by atoms with Crippen LogP contribution in [0.5, 0.6) is 0 Å². The Hall–Kier alpha value is -1.08. The fourth-order valence-electron chi connectivity index (χ4n) is 1.85. The van der Waals surface area contributed by atoms with Crippen molar-refractivity contribution in [3.05, 3.63) is 0 Å². The molecule has 1 amide bonds. The molecule has 0 fully saturated rings. The Morgan fingerprint density at radius 3 is 1.88 bits per heavy atom. The fourth-order valence-corrected chi connectivity index (χ4v) is 2.91. The van der Waals surface area contributed by atoms with E-state index in [1.807, 2.05) is 0 Å². The minimum atomic E-state index is -2.01. The molecule has 7 heteroatoms. The van der Waals surface area contributed by atoms with E-state index >= 15 is 0 Å². The molecule has 148 valence electrons. The van der Waals surface area contributed by atoms with Crippen LogP contribution in [0.1, 0.15) is 61.8 Å². The van der Waals surface area contributed by atoms with Crippen molar-refractivity contribution in [2.75, 3.05) is 6.61 Å². The van der Waals surface area contributed by atoms with Gasteiger partial charge in [-0.05, 0) is 59.2 Å². The molecule has 0 spiro atoms. The van der Waals surface area contributed by atoms with Gasteiger partial charge in [-0.2, -0.15) is 0 Å². The maximum absolute atomic E-state index is 12.1. The van der Waals surface area contributed by atoms with E-state index in [-0.39, 0.29) is 18.1 Å². The Morgan fingerprint density at radius 2 is 1.52 bits per heavy atom. The van der Waals surface area contributed by atoms with E-state index in [1.54, 1.807) is 34.6 Å². The van der Waals surface area contributed by atoms with Gasteiger partial charge >= 0.3 is 12.1 Å². The third-order valence-corrected chi connectivity index (χ3v) is 9.01. The summed E-state index contributed by atoms with van der Waals surface area (Å²) in [5, 5.41) is 12.2. The van der Waals surface area contributed by atoms with Crippen molar-refractivity contribution < 1.29 is 23.9 Å². The third-order valence-electron chi connectivity index (χ3n) is 4.51. The number of carbonyl (C=O) groups is 2. The number of amides is 1. The lowest BCUT2D eigenvalue weighted by atomic mass is 9.86. The molecule has 6 nitrogen and oxygen atoms in total. The molecule has 0 heterocycles. The molecule has 0 aliphatic carbocycles. The first-order chi connectivity index (χ1) is 10.9. The van der Waals surface area contributed by atoms with Gasteiger partial charge in [0.15, 0.2) is 8.32 Å². The number of rotatable bonds is 7. The number of carboxylic acids is 1. The van der Waals surface area contributed by atoms with Crippen molar-refractivity contribution in [2.24, 2.45) is 5.41 Å². The maximum atomic E-state index is 12.1. The molecule has 0 aromatic carbocycles. The van der Waals surface area contributed by atoms with Crippen LogP contribution in [-0.2, 0) is 14.0 Å². The summed E-state index contributed by atoms with van der Waals surface area (Å²) < 4.78 is 11.5. The van der Waals surface area contributed by atoms with E-state index in [2.05, 4.69) is 39.2 Å². The van der Waals surface area contributed by atoms with Crippen LogP contribution in [0.15, 0.2) is 0 Å². The summed E-state index contributed by atoms with van der Waals surface area (Å²) in [5.74, 6) is -0.907. The molecule has 1 unspecified atom stereocenters. The first-order valence-corrected chi connectivity index (χ1v) is 11.6. The normalized spacial score (nSPS) is 14.8. The molecule has 25 heavy (non-hydrogen) atoms. The van der Waals surface area contributed by atoms with Gasteiger partial charge in [0.25, 0.3) is 0 Å². The van der Waals surface area contributed by atoms with Crippen molar-refractivity contribution in [1.82, 2.24) is 5.32 Å². The Morgan fingerprint density at radius 1 is 1.04 bits per heavy atom. The highest BCUT2D eigenvalue weighted by Crippen LogP contribution is 2.37. The lowest BCUT2D eigenvalue weighted by Gasteiger charge is -2.38. The zero-order chi connectivity index (χ0) is 20.3. The Balaban J connectivity index is 5.15. The van der Waals surface area contributed by atoms with E-state index in [1.165, 1.54) is 0 Å². The predicted octanol–water partition coefficient (Wildman–Crippen LogP) is 4.40. The number of alkyl carbamates (subject to hydrolysis) is 1. The second-order valence-corrected chi connectivity index (χ2v) is 14.6. The van der Waals surface area contributed by atoms with Gasteiger partial charge in [0, 0.05) is 0 Å². The summed E-state index contributed by atoms with van der Waals surface area (Å²) in [7, 11) is -2.01. The SMILES string of the molecule is CC(C)(C)OC(=O)NC(CO[Si](C)(C)C(C)(C)C)CC(C)(C)C(=O)O. The largest absolute Gasteiger partial charge is 0.481 e. The van der Waals surface area contributed by atoms with Gasteiger partial charge in [-0.3, -0.25) is 4.79 Å².